The van der Waals surface area contributed by atoms with Gasteiger partial charge in [0.2, 0.25) is 0 Å². The zero-order chi connectivity index (χ0) is 14.3. The molecule has 1 N–H and O–H groups in total. The molecule has 0 saturated heterocycles. The van der Waals surface area contributed by atoms with E-state index in [9.17, 15) is 9.90 Å². The van der Waals surface area contributed by atoms with Crippen LogP contribution in [0.1, 0.15) is 9.67 Å². The first-order valence-corrected chi connectivity index (χ1v) is 6.89. The van der Waals surface area contributed by atoms with Crippen molar-refractivity contribution < 1.29 is 14.6 Å². The average Bonchev–Trinajstić information content (AvgIpc) is 3.01. The molecule has 102 valence electrons. The van der Waals surface area contributed by atoms with Gasteiger partial charge in [-0.3, -0.25) is 4.57 Å². The van der Waals surface area contributed by atoms with E-state index in [0.717, 1.165) is 22.4 Å². The van der Waals surface area contributed by atoms with Crippen LogP contribution in [0, 0.1) is 0 Å². The SMILES string of the molecule is COC(=O)c1scc(-n2cnc3ccc(Cl)cc32)c1O. The molecular formula is C13H9ClN2O3S. The molecule has 0 bridgehead atoms. The lowest BCUT2D eigenvalue weighted by Crippen LogP contribution is -1.98. The van der Waals surface area contributed by atoms with E-state index in [1.54, 1.807) is 34.5 Å². The Morgan fingerprint density at radius 3 is 3.05 bits per heavy atom. The Balaban J connectivity index is 2.19. The Morgan fingerprint density at radius 1 is 1.50 bits per heavy atom. The van der Waals surface area contributed by atoms with Crippen molar-refractivity contribution in [3.63, 3.8) is 0 Å². The van der Waals surface area contributed by atoms with Gasteiger partial charge in [-0.25, -0.2) is 9.78 Å². The largest absolute Gasteiger partial charge is 0.504 e. The second-order valence-corrected chi connectivity index (χ2v) is 5.35. The maximum absolute atomic E-state index is 11.5. The van der Waals surface area contributed by atoms with Crippen molar-refractivity contribution in [3.05, 3.63) is 39.8 Å². The van der Waals surface area contributed by atoms with Gasteiger partial charge in [0.15, 0.2) is 10.6 Å². The third-order valence-electron chi connectivity index (χ3n) is 2.89. The molecule has 2 aromatic heterocycles. The molecule has 0 spiro atoms. The van der Waals surface area contributed by atoms with Gasteiger partial charge in [-0.1, -0.05) is 11.6 Å². The first-order valence-electron chi connectivity index (χ1n) is 5.63. The summed E-state index contributed by atoms with van der Waals surface area (Å²) in [5.41, 5.74) is 1.97. The van der Waals surface area contributed by atoms with Gasteiger partial charge in [0, 0.05) is 10.4 Å². The molecule has 0 radical (unpaired) electrons. The van der Waals surface area contributed by atoms with E-state index in [0.29, 0.717) is 10.7 Å². The normalized spacial score (nSPS) is 10.9. The number of carbonyl (C=O) groups is 1. The molecule has 0 aliphatic carbocycles. The number of carbonyl (C=O) groups excluding carboxylic acids is 1. The van der Waals surface area contributed by atoms with E-state index in [1.807, 2.05) is 0 Å². The lowest BCUT2D eigenvalue weighted by atomic mass is 10.3. The van der Waals surface area contributed by atoms with Crippen LogP contribution < -0.4 is 0 Å². The van der Waals surface area contributed by atoms with Crippen molar-refractivity contribution in [2.45, 2.75) is 0 Å². The van der Waals surface area contributed by atoms with E-state index in [-0.39, 0.29) is 10.6 Å². The number of aromatic hydroxyl groups is 1. The minimum absolute atomic E-state index is 0.124. The molecule has 7 heteroatoms. The highest BCUT2D eigenvalue weighted by atomic mass is 35.5. The number of ether oxygens (including phenoxy) is 1. The topological polar surface area (TPSA) is 64.4 Å². The van der Waals surface area contributed by atoms with Crippen molar-refractivity contribution in [2.75, 3.05) is 7.11 Å². The number of hydrogen-bond donors (Lipinski definition) is 1. The molecule has 3 rings (SSSR count). The Morgan fingerprint density at radius 2 is 2.30 bits per heavy atom. The van der Waals surface area contributed by atoms with Crippen molar-refractivity contribution in [2.24, 2.45) is 0 Å². The molecule has 0 atom stereocenters. The fourth-order valence-electron chi connectivity index (χ4n) is 1.92. The van der Waals surface area contributed by atoms with Crippen LogP contribution in [0.25, 0.3) is 16.7 Å². The van der Waals surface area contributed by atoms with Crippen molar-refractivity contribution in [1.82, 2.24) is 9.55 Å². The first kappa shape index (κ1) is 13.0. The van der Waals surface area contributed by atoms with E-state index < -0.39 is 5.97 Å². The third kappa shape index (κ3) is 1.93. The van der Waals surface area contributed by atoms with Gasteiger partial charge in [0.1, 0.15) is 12.0 Å². The van der Waals surface area contributed by atoms with Crippen LogP contribution in [-0.2, 0) is 4.74 Å². The monoisotopic (exact) mass is 308 g/mol. The molecule has 0 saturated carbocycles. The van der Waals surface area contributed by atoms with E-state index >= 15 is 0 Å². The molecule has 20 heavy (non-hydrogen) atoms. The first-order chi connectivity index (χ1) is 9.61. The third-order valence-corrected chi connectivity index (χ3v) is 4.06. The molecule has 5 nitrogen and oxygen atoms in total. The number of aromatic nitrogens is 2. The van der Waals surface area contributed by atoms with E-state index in [4.69, 9.17) is 11.6 Å². The van der Waals surface area contributed by atoms with Gasteiger partial charge in [0.05, 0.1) is 18.1 Å². The van der Waals surface area contributed by atoms with Crippen LogP contribution in [0.5, 0.6) is 5.75 Å². The molecule has 0 unspecified atom stereocenters. The predicted octanol–water partition coefficient (Wildman–Crippen LogP) is 3.23. The minimum Gasteiger partial charge on any atom is -0.504 e. The second kappa shape index (κ2) is 4.81. The maximum Gasteiger partial charge on any atom is 0.351 e. The van der Waals surface area contributed by atoms with Gasteiger partial charge < -0.3 is 9.84 Å². The minimum atomic E-state index is -0.568. The van der Waals surface area contributed by atoms with Gasteiger partial charge >= 0.3 is 5.97 Å². The van der Waals surface area contributed by atoms with Crippen molar-refractivity contribution in [3.8, 4) is 11.4 Å². The van der Waals surface area contributed by atoms with Crippen LogP contribution in [0.15, 0.2) is 29.9 Å². The smallest absolute Gasteiger partial charge is 0.351 e. The molecule has 0 fully saturated rings. The fourth-order valence-corrected chi connectivity index (χ4v) is 2.94. The van der Waals surface area contributed by atoms with Crippen LogP contribution >= 0.6 is 22.9 Å². The lowest BCUT2D eigenvalue weighted by molar-refractivity contribution is 0.0603. The molecular weight excluding hydrogens is 300 g/mol. The quantitative estimate of drug-likeness (QED) is 0.738. The number of hydrogen-bond acceptors (Lipinski definition) is 5. The van der Waals surface area contributed by atoms with Crippen molar-refractivity contribution >= 4 is 39.9 Å². The Hall–Kier alpha value is -2.05. The van der Waals surface area contributed by atoms with E-state index in [2.05, 4.69) is 9.72 Å². The molecule has 0 aliphatic rings. The van der Waals surface area contributed by atoms with E-state index in [1.165, 1.54) is 7.11 Å². The number of methoxy groups -OCH3 is 1. The Kier molecular flexibility index (Phi) is 3.11. The Labute approximate surface area is 123 Å². The number of imidazole rings is 1. The van der Waals surface area contributed by atoms with Gasteiger partial charge in [-0.15, -0.1) is 11.3 Å². The van der Waals surface area contributed by atoms with Gasteiger partial charge in [-0.2, -0.15) is 0 Å². The number of benzene rings is 1. The summed E-state index contributed by atoms with van der Waals surface area (Å²) in [6.45, 7) is 0. The summed E-state index contributed by atoms with van der Waals surface area (Å²) in [5, 5.41) is 12.4. The molecule has 0 aliphatic heterocycles. The van der Waals surface area contributed by atoms with Gasteiger partial charge in [0.25, 0.3) is 0 Å². The number of halogens is 1. The fraction of sp³-hybridized carbons (Fsp3) is 0.0769. The maximum atomic E-state index is 11.5. The number of rotatable bonds is 2. The van der Waals surface area contributed by atoms with Crippen LogP contribution in [0.4, 0.5) is 0 Å². The summed E-state index contributed by atoms with van der Waals surface area (Å²) in [4.78, 5) is 15.9. The van der Waals surface area contributed by atoms with Crippen molar-refractivity contribution in [1.29, 1.82) is 0 Å². The summed E-state index contributed by atoms with van der Waals surface area (Å²) in [5.74, 6) is -0.692. The summed E-state index contributed by atoms with van der Waals surface area (Å²) >= 11 is 7.09. The lowest BCUT2D eigenvalue weighted by Gasteiger charge is -2.03. The summed E-state index contributed by atoms with van der Waals surface area (Å²) < 4.78 is 6.30. The average molecular weight is 309 g/mol. The summed E-state index contributed by atoms with van der Waals surface area (Å²) in [7, 11) is 1.27. The van der Waals surface area contributed by atoms with Gasteiger partial charge in [-0.05, 0) is 18.2 Å². The highest BCUT2D eigenvalue weighted by molar-refractivity contribution is 7.12. The molecule has 3 aromatic rings. The van der Waals surface area contributed by atoms with Crippen LogP contribution in [0.2, 0.25) is 5.02 Å². The zero-order valence-electron chi connectivity index (χ0n) is 10.3. The molecule has 1 aromatic carbocycles. The standard InChI is InChI=1S/C13H9ClN2O3S/c1-19-13(18)12-11(17)10(5-20-12)16-6-15-8-3-2-7(14)4-9(8)16/h2-6,17H,1H3. The highest BCUT2D eigenvalue weighted by Gasteiger charge is 2.20. The van der Waals surface area contributed by atoms with Crippen LogP contribution in [0.3, 0.4) is 0 Å². The highest BCUT2D eigenvalue weighted by Crippen LogP contribution is 2.35. The number of esters is 1. The number of nitrogens with zero attached hydrogens (tertiary/aromatic N) is 2. The number of thiophene rings is 1. The predicted molar refractivity (Wildman–Crippen MR) is 77.0 cm³/mol. The molecule has 0 amide bonds. The summed E-state index contributed by atoms with van der Waals surface area (Å²) in [6.07, 6.45) is 1.57. The van der Waals surface area contributed by atoms with Crippen LogP contribution in [-0.4, -0.2) is 27.7 Å². The Bertz CT molecular complexity index is 809. The zero-order valence-corrected chi connectivity index (χ0v) is 11.9. The molecule has 2 heterocycles. The summed E-state index contributed by atoms with van der Waals surface area (Å²) in [6, 6.07) is 5.28. The number of fused-ring (bicyclic) bond motifs is 1. The second-order valence-electron chi connectivity index (χ2n) is 4.04.